The van der Waals surface area contributed by atoms with Gasteiger partial charge in [-0.3, -0.25) is 19.7 Å². The number of aryl methyl sites for hydroxylation is 1. The molecule has 0 atom stereocenters. The summed E-state index contributed by atoms with van der Waals surface area (Å²) in [6.07, 6.45) is 0.762. The molecule has 106 valence electrons. The van der Waals surface area contributed by atoms with E-state index in [0.29, 0.717) is 37.3 Å². The predicted octanol–water partition coefficient (Wildman–Crippen LogP) is 0.817. The van der Waals surface area contributed by atoms with Crippen molar-refractivity contribution in [1.82, 2.24) is 9.80 Å². The van der Waals surface area contributed by atoms with E-state index in [1.165, 1.54) is 6.07 Å². The summed E-state index contributed by atoms with van der Waals surface area (Å²) in [4.78, 5) is 36.5. The lowest BCUT2D eigenvalue weighted by Gasteiger charge is -2.32. The molecule has 1 saturated heterocycles. The van der Waals surface area contributed by atoms with Gasteiger partial charge in [-0.05, 0) is 13.0 Å². The molecule has 7 nitrogen and oxygen atoms in total. The van der Waals surface area contributed by atoms with Crippen LogP contribution in [0, 0.1) is 17.0 Å². The van der Waals surface area contributed by atoms with Crippen LogP contribution in [0.4, 0.5) is 5.69 Å². The number of nitro benzene ring substituents is 1. The number of piperazine rings is 1. The maximum atomic E-state index is 12.3. The fourth-order valence-electron chi connectivity index (χ4n) is 2.15. The van der Waals surface area contributed by atoms with Gasteiger partial charge in [-0.2, -0.15) is 0 Å². The van der Waals surface area contributed by atoms with Crippen molar-refractivity contribution in [1.29, 1.82) is 0 Å². The van der Waals surface area contributed by atoms with Gasteiger partial charge < -0.3 is 9.80 Å². The summed E-state index contributed by atoms with van der Waals surface area (Å²) in [5.41, 5.74) is 0.779. The van der Waals surface area contributed by atoms with Crippen LogP contribution in [0.1, 0.15) is 15.9 Å². The molecule has 0 bridgehead atoms. The molecule has 1 aliphatic heterocycles. The molecule has 1 aliphatic rings. The minimum atomic E-state index is -0.490. The Kier molecular flexibility index (Phi) is 3.97. The molecule has 0 spiro atoms. The molecule has 0 aromatic heterocycles. The first-order chi connectivity index (χ1) is 9.52. The molecule has 20 heavy (non-hydrogen) atoms. The van der Waals surface area contributed by atoms with Crippen molar-refractivity contribution in [3.8, 4) is 0 Å². The SMILES string of the molecule is Cc1ccc(C(=O)N2CCN(C=O)CC2)cc1[N+](=O)[O-]. The standard InChI is InChI=1S/C13H15N3O4/c1-10-2-3-11(8-12(10)16(19)20)13(18)15-6-4-14(9-17)5-7-15/h2-3,8-9H,4-7H2,1H3. The highest BCUT2D eigenvalue weighted by molar-refractivity contribution is 5.95. The minimum absolute atomic E-state index is 0.0534. The van der Waals surface area contributed by atoms with Crippen LogP contribution < -0.4 is 0 Å². The van der Waals surface area contributed by atoms with E-state index >= 15 is 0 Å². The molecule has 0 N–H and O–H groups in total. The van der Waals surface area contributed by atoms with Crippen LogP contribution in [-0.2, 0) is 4.79 Å². The van der Waals surface area contributed by atoms with Gasteiger partial charge in [0.15, 0.2) is 0 Å². The number of hydrogen-bond acceptors (Lipinski definition) is 4. The zero-order valence-corrected chi connectivity index (χ0v) is 11.1. The number of nitrogens with zero attached hydrogens (tertiary/aromatic N) is 3. The van der Waals surface area contributed by atoms with Gasteiger partial charge in [0, 0.05) is 43.4 Å². The van der Waals surface area contributed by atoms with Crippen molar-refractivity contribution in [3.63, 3.8) is 0 Å². The quantitative estimate of drug-likeness (QED) is 0.465. The van der Waals surface area contributed by atoms with Gasteiger partial charge in [0.1, 0.15) is 0 Å². The average molecular weight is 277 g/mol. The third-order valence-corrected chi connectivity index (χ3v) is 3.40. The molecule has 1 aromatic carbocycles. The lowest BCUT2D eigenvalue weighted by atomic mass is 10.1. The third kappa shape index (κ3) is 2.76. The van der Waals surface area contributed by atoms with E-state index in [1.807, 2.05) is 0 Å². The Labute approximate surface area is 115 Å². The molecule has 1 aromatic rings. The number of carbonyl (C=O) groups excluding carboxylic acids is 2. The van der Waals surface area contributed by atoms with Crippen molar-refractivity contribution < 1.29 is 14.5 Å². The zero-order valence-electron chi connectivity index (χ0n) is 11.1. The molecular formula is C13H15N3O4. The molecule has 2 amide bonds. The van der Waals surface area contributed by atoms with Crippen LogP contribution in [0.3, 0.4) is 0 Å². The first-order valence-corrected chi connectivity index (χ1v) is 6.26. The summed E-state index contributed by atoms with van der Waals surface area (Å²) in [6.45, 7) is 3.50. The van der Waals surface area contributed by atoms with Gasteiger partial charge in [0.25, 0.3) is 11.6 Å². The Balaban J connectivity index is 2.16. The highest BCUT2D eigenvalue weighted by Crippen LogP contribution is 2.20. The molecular weight excluding hydrogens is 262 g/mol. The van der Waals surface area contributed by atoms with Crippen LogP contribution in [0.5, 0.6) is 0 Å². The van der Waals surface area contributed by atoms with E-state index in [-0.39, 0.29) is 11.6 Å². The van der Waals surface area contributed by atoms with E-state index in [2.05, 4.69) is 0 Å². The zero-order chi connectivity index (χ0) is 14.7. The number of hydrogen-bond donors (Lipinski definition) is 0. The number of nitro groups is 1. The number of amides is 2. The third-order valence-electron chi connectivity index (χ3n) is 3.40. The van der Waals surface area contributed by atoms with Gasteiger partial charge in [0.05, 0.1) is 4.92 Å². The molecule has 1 fully saturated rings. The maximum Gasteiger partial charge on any atom is 0.273 e. The molecule has 2 rings (SSSR count). The van der Waals surface area contributed by atoms with Crippen LogP contribution in [0.15, 0.2) is 18.2 Å². The van der Waals surface area contributed by atoms with Crippen LogP contribution >= 0.6 is 0 Å². The van der Waals surface area contributed by atoms with Crippen molar-refractivity contribution >= 4 is 18.0 Å². The summed E-state index contributed by atoms with van der Waals surface area (Å²) in [5.74, 6) is -0.237. The smallest absolute Gasteiger partial charge is 0.273 e. The fourth-order valence-corrected chi connectivity index (χ4v) is 2.15. The van der Waals surface area contributed by atoms with Gasteiger partial charge in [-0.25, -0.2) is 0 Å². The van der Waals surface area contributed by atoms with Crippen molar-refractivity contribution in [3.05, 3.63) is 39.4 Å². The van der Waals surface area contributed by atoms with Crippen molar-refractivity contribution in [2.45, 2.75) is 6.92 Å². The van der Waals surface area contributed by atoms with Crippen LogP contribution in [-0.4, -0.2) is 53.2 Å². The highest BCUT2D eigenvalue weighted by Gasteiger charge is 2.23. The Hall–Kier alpha value is -2.44. The molecule has 0 aliphatic carbocycles. The second-order valence-electron chi connectivity index (χ2n) is 4.69. The normalized spacial score (nSPS) is 15.1. The van der Waals surface area contributed by atoms with Gasteiger partial charge in [-0.15, -0.1) is 0 Å². The van der Waals surface area contributed by atoms with Gasteiger partial charge in [-0.1, -0.05) is 6.07 Å². The maximum absolute atomic E-state index is 12.3. The van der Waals surface area contributed by atoms with Crippen molar-refractivity contribution in [2.75, 3.05) is 26.2 Å². The Bertz CT molecular complexity index is 551. The molecule has 0 radical (unpaired) electrons. The second-order valence-corrected chi connectivity index (χ2v) is 4.69. The second kappa shape index (κ2) is 5.68. The van der Waals surface area contributed by atoms with Gasteiger partial charge in [0.2, 0.25) is 6.41 Å². The first-order valence-electron chi connectivity index (χ1n) is 6.26. The van der Waals surface area contributed by atoms with E-state index < -0.39 is 4.92 Å². The lowest BCUT2D eigenvalue weighted by molar-refractivity contribution is -0.385. The van der Waals surface area contributed by atoms with E-state index in [1.54, 1.807) is 28.9 Å². The highest BCUT2D eigenvalue weighted by atomic mass is 16.6. The lowest BCUT2D eigenvalue weighted by Crippen LogP contribution is -2.48. The first kappa shape index (κ1) is 14.0. The summed E-state index contributed by atoms with van der Waals surface area (Å²) < 4.78 is 0. The van der Waals surface area contributed by atoms with Crippen LogP contribution in [0.2, 0.25) is 0 Å². The Morgan fingerprint density at radius 3 is 2.50 bits per heavy atom. The summed E-state index contributed by atoms with van der Waals surface area (Å²) in [5, 5.41) is 10.9. The molecule has 0 unspecified atom stereocenters. The number of carbonyl (C=O) groups is 2. The van der Waals surface area contributed by atoms with Crippen LogP contribution in [0.25, 0.3) is 0 Å². The summed E-state index contributed by atoms with van der Waals surface area (Å²) in [6, 6.07) is 4.48. The Morgan fingerprint density at radius 2 is 1.95 bits per heavy atom. The largest absolute Gasteiger partial charge is 0.342 e. The number of rotatable bonds is 3. The molecule has 7 heteroatoms. The summed E-state index contributed by atoms with van der Waals surface area (Å²) >= 11 is 0. The van der Waals surface area contributed by atoms with Gasteiger partial charge >= 0.3 is 0 Å². The fraction of sp³-hybridized carbons (Fsp3) is 0.385. The monoisotopic (exact) mass is 277 g/mol. The van der Waals surface area contributed by atoms with E-state index in [9.17, 15) is 19.7 Å². The minimum Gasteiger partial charge on any atom is -0.342 e. The van der Waals surface area contributed by atoms with E-state index in [0.717, 1.165) is 6.41 Å². The molecule has 0 saturated carbocycles. The van der Waals surface area contributed by atoms with Crippen molar-refractivity contribution in [2.24, 2.45) is 0 Å². The predicted molar refractivity (Wildman–Crippen MR) is 71.4 cm³/mol. The number of benzene rings is 1. The summed E-state index contributed by atoms with van der Waals surface area (Å²) in [7, 11) is 0. The Morgan fingerprint density at radius 1 is 1.30 bits per heavy atom. The average Bonchev–Trinajstić information content (AvgIpc) is 2.47. The van der Waals surface area contributed by atoms with E-state index in [4.69, 9.17) is 0 Å². The topological polar surface area (TPSA) is 83.8 Å². The molecule has 1 heterocycles.